The highest BCUT2D eigenvalue weighted by atomic mass is 32.1. The Kier molecular flexibility index (Phi) is 4.45. The predicted octanol–water partition coefficient (Wildman–Crippen LogP) is 1.53. The number of phenols is 1. The highest BCUT2D eigenvalue weighted by molar-refractivity contribution is 7.80. The fraction of sp³-hybridized carbons (Fsp3) is 0.333. The SMILES string of the molecule is CC(C)N(CC(N)=S)C(=O)c1ccccc1O. The Bertz CT molecular complexity index is 432. The molecule has 1 rings (SSSR count). The summed E-state index contributed by atoms with van der Waals surface area (Å²) in [6.45, 7) is 3.95. The van der Waals surface area contributed by atoms with Crippen molar-refractivity contribution in [1.82, 2.24) is 4.90 Å². The zero-order chi connectivity index (χ0) is 13.0. The number of benzene rings is 1. The minimum absolute atomic E-state index is 0.0360. The molecule has 4 nitrogen and oxygen atoms in total. The van der Waals surface area contributed by atoms with Crippen LogP contribution in [0.3, 0.4) is 0 Å². The lowest BCUT2D eigenvalue weighted by Crippen LogP contribution is -2.42. The van der Waals surface area contributed by atoms with E-state index in [2.05, 4.69) is 0 Å². The van der Waals surface area contributed by atoms with E-state index in [1.165, 1.54) is 11.0 Å². The van der Waals surface area contributed by atoms with Crippen molar-refractivity contribution in [1.29, 1.82) is 0 Å². The number of carbonyl (C=O) groups excluding carboxylic acids is 1. The molecule has 0 saturated carbocycles. The summed E-state index contributed by atoms with van der Waals surface area (Å²) < 4.78 is 0. The Morgan fingerprint density at radius 2 is 2.06 bits per heavy atom. The molecule has 0 aromatic heterocycles. The number of rotatable bonds is 4. The van der Waals surface area contributed by atoms with Crippen LogP contribution in [0.5, 0.6) is 5.75 Å². The molecule has 92 valence electrons. The summed E-state index contributed by atoms with van der Waals surface area (Å²) in [5.74, 6) is -0.308. The molecular weight excluding hydrogens is 236 g/mol. The van der Waals surface area contributed by atoms with Crippen LogP contribution in [-0.4, -0.2) is 33.5 Å². The lowest BCUT2D eigenvalue weighted by Gasteiger charge is -2.26. The van der Waals surface area contributed by atoms with Crippen LogP contribution in [0.25, 0.3) is 0 Å². The van der Waals surface area contributed by atoms with E-state index in [-0.39, 0.29) is 34.8 Å². The van der Waals surface area contributed by atoms with Crippen LogP contribution < -0.4 is 5.73 Å². The van der Waals surface area contributed by atoms with Gasteiger partial charge in [-0.1, -0.05) is 24.4 Å². The molecular formula is C12H16N2O2S. The van der Waals surface area contributed by atoms with Gasteiger partial charge >= 0.3 is 0 Å². The first-order chi connectivity index (χ1) is 7.93. The van der Waals surface area contributed by atoms with Crippen molar-refractivity contribution in [2.45, 2.75) is 19.9 Å². The number of phenolic OH excluding ortho intramolecular Hbond substituents is 1. The summed E-state index contributed by atoms with van der Waals surface area (Å²) in [5.41, 5.74) is 5.72. The van der Waals surface area contributed by atoms with Crippen LogP contribution in [0.2, 0.25) is 0 Å². The standard InChI is InChI=1S/C12H16N2O2S/c1-8(2)14(7-11(13)17)12(16)9-5-3-4-6-10(9)15/h3-6,8,15H,7H2,1-2H3,(H2,13,17). The van der Waals surface area contributed by atoms with Gasteiger partial charge < -0.3 is 15.7 Å². The molecule has 17 heavy (non-hydrogen) atoms. The zero-order valence-corrected chi connectivity index (χ0v) is 10.7. The second-order valence-electron chi connectivity index (χ2n) is 4.01. The fourth-order valence-corrected chi connectivity index (χ4v) is 1.61. The fourth-order valence-electron chi connectivity index (χ4n) is 1.47. The first-order valence-electron chi connectivity index (χ1n) is 5.30. The molecule has 0 aliphatic carbocycles. The topological polar surface area (TPSA) is 66.6 Å². The maximum Gasteiger partial charge on any atom is 0.258 e. The summed E-state index contributed by atoms with van der Waals surface area (Å²) in [6, 6.07) is 6.38. The summed E-state index contributed by atoms with van der Waals surface area (Å²) in [6.07, 6.45) is 0. The van der Waals surface area contributed by atoms with Crippen LogP contribution in [0, 0.1) is 0 Å². The van der Waals surface area contributed by atoms with Gasteiger partial charge in [-0.05, 0) is 26.0 Å². The number of aromatic hydroxyl groups is 1. The lowest BCUT2D eigenvalue weighted by molar-refractivity contribution is 0.0733. The molecule has 1 aromatic rings. The first kappa shape index (κ1) is 13.4. The van der Waals surface area contributed by atoms with E-state index in [4.69, 9.17) is 18.0 Å². The molecule has 3 N–H and O–H groups in total. The van der Waals surface area contributed by atoms with Gasteiger partial charge in [0.25, 0.3) is 5.91 Å². The van der Waals surface area contributed by atoms with E-state index < -0.39 is 0 Å². The number of hydrogen-bond acceptors (Lipinski definition) is 3. The van der Waals surface area contributed by atoms with Crippen LogP contribution >= 0.6 is 12.2 Å². The summed E-state index contributed by atoms with van der Waals surface area (Å²) in [4.78, 5) is 14.0. The van der Waals surface area contributed by atoms with E-state index >= 15 is 0 Å². The Morgan fingerprint density at radius 3 is 2.53 bits per heavy atom. The van der Waals surface area contributed by atoms with Gasteiger partial charge in [0.05, 0.1) is 17.1 Å². The molecule has 0 radical (unpaired) electrons. The quantitative estimate of drug-likeness (QED) is 0.797. The molecule has 0 unspecified atom stereocenters. The maximum absolute atomic E-state index is 12.2. The highest BCUT2D eigenvalue weighted by Crippen LogP contribution is 2.18. The van der Waals surface area contributed by atoms with Crippen molar-refractivity contribution in [3.63, 3.8) is 0 Å². The Hall–Kier alpha value is -1.62. The zero-order valence-electron chi connectivity index (χ0n) is 9.88. The lowest BCUT2D eigenvalue weighted by atomic mass is 10.1. The van der Waals surface area contributed by atoms with Gasteiger partial charge in [-0.2, -0.15) is 0 Å². The molecule has 0 bridgehead atoms. The second kappa shape index (κ2) is 5.63. The maximum atomic E-state index is 12.2. The van der Waals surface area contributed by atoms with Crippen molar-refractivity contribution in [3.8, 4) is 5.75 Å². The average molecular weight is 252 g/mol. The first-order valence-corrected chi connectivity index (χ1v) is 5.71. The Balaban J connectivity index is 3.00. The number of thiocarbonyl (C=S) groups is 1. The van der Waals surface area contributed by atoms with Gasteiger partial charge in [0.2, 0.25) is 0 Å². The minimum atomic E-state index is -0.272. The molecule has 0 saturated heterocycles. The molecule has 1 aromatic carbocycles. The number of carbonyl (C=O) groups is 1. The van der Waals surface area contributed by atoms with Crippen molar-refractivity contribution in [3.05, 3.63) is 29.8 Å². The molecule has 0 fully saturated rings. The van der Waals surface area contributed by atoms with Gasteiger partial charge in [0, 0.05) is 6.04 Å². The number of nitrogens with two attached hydrogens (primary N) is 1. The smallest absolute Gasteiger partial charge is 0.258 e. The largest absolute Gasteiger partial charge is 0.507 e. The van der Waals surface area contributed by atoms with Crippen LogP contribution in [0.4, 0.5) is 0 Å². The second-order valence-corrected chi connectivity index (χ2v) is 4.53. The molecule has 1 amide bonds. The number of nitrogens with zero attached hydrogens (tertiary/aromatic N) is 1. The normalized spacial score (nSPS) is 10.3. The van der Waals surface area contributed by atoms with Gasteiger partial charge in [0.15, 0.2) is 0 Å². The van der Waals surface area contributed by atoms with E-state index in [1.807, 2.05) is 13.8 Å². The van der Waals surface area contributed by atoms with E-state index in [1.54, 1.807) is 18.2 Å². The molecule has 0 spiro atoms. The van der Waals surface area contributed by atoms with Gasteiger partial charge in [-0.25, -0.2) is 0 Å². The number of para-hydroxylation sites is 1. The van der Waals surface area contributed by atoms with Gasteiger partial charge in [-0.3, -0.25) is 4.79 Å². The van der Waals surface area contributed by atoms with Gasteiger partial charge in [0.1, 0.15) is 5.75 Å². The average Bonchev–Trinajstić information content (AvgIpc) is 2.25. The van der Waals surface area contributed by atoms with E-state index in [0.717, 1.165) is 0 Å². The minimum Gasteiger partial charge on any atom is -0.507 e. The van der Waals surface area contributed by atoms with Crippen molar-refractivity contribution >= 4 is 23.1 Å². The predicted molar refractivity (Wildman–Crippen MR) is 71.1 cm³/mol. The van der Waals surface area contributed by atoms with E-state index in [9.17, 15) is 9.90 Å². The summed E-state index contributed by atoms with van der Waals surface area (Å²) in [5, 5.41) is 9.63. The molecule has 0 atom stereocenters. The highest BCUT2D eigenvalue weighted by Gasteiger charge is 2.21. The van der Waals surface area contributed by atoms with Crippen molar-refractivity contribution in [2.75, 3.05) is 6.54 Å². The molecule has 0 heterocycles. The number of hydrogen-bond donors (Lipinski definition) is 2. The van der Waals surface area contributed by atoms with Crippen molar-refractivity contribution < 1.29 is 9.90 Å². The monoisotopic (exact) mass is 252 g/mol. The Labute approximate surface area is 106 Å². The van der Waals surface area contributed by atoms with Crippen LogP contribution in [0.1, 0.15) is 24.2 Å². The number of amides is 1. The third kappa shape index (κ3) is 3.42. The molecule has 5 heteroatoms. The van der Waals surface area contributed by atoms with Crippen molar-refractivity contribution in [2.24, 2.45) is 5.73 Å². The summed E-state index contributed by atoms with van der Waals surface area (Å²) >= 11 is 4.81. The van der Waals surface area contributed by atoms with Crippen LogP contribution in [-0.2, 0) is 0 Å². The van der Waals surface area contributed by atoms with E-state index in [0.29, 0.717) is 0 Å². The summed E-state index contributed by atoms with van der Waals surface area (Å²) in [7, 11) is 0. The van der Waals surface area contributed by atoms with Crippen LogP contribution in [0.15, 0.2) is 24.3 Å². The molecule has 0 aliphatic rings. The third-order valence-corrected chi connectivity index (χ3v) is 2.47. The third-order valence-electron chi connectivity index (χ3n) is 2.34. The Morgan fingerprint density at radius 1 is 1.47 bits per heavy atom. The molecule has 0 aliphatic heterocycles. The van der Waals surface area contributed by atoms with Gasteiger partial charge in [-0.15, -0.1) is 0 Å².